The SMILES string of the molecule is CSc1ccc(F)cc1CN=C(N)N(C)C1CC1. The second-order valence-corrected chi connectivity index (χ2v) is 5.32. The van der Waals surface area contributed by atoms with Crippen LogP contribution in [0.1, 0.15) is 18.4 Å². The Labute approximate surface area is 111 Å². The molecule has 3 nitrogen and oxygen atoms in total. The van der Waals surface area contributed by atoms with E-state index in [1.54, 1.807) is 17.8 Å². The van der Waals surface area contributed by atoms with Gasteiger partial charge in [0.15, 0.2) is 5.96 Å². The van der Waals surface area contributed by atoms with Crippen molar-refractivity contribution in [1.82, 2.24) is 4.90 Å². The number of hydrogen-bond acceptors (Lipinski definition) is 2. The Morgan fingerprint density at radius 3 is 2.89 bits per heavy atom. The molecule has 18 heavy (non-hydrogen) atoms. The van der Waals surface area contributed by atoms with Gasteiger partial charge in [0, 0.05) is 18.0 Å². The standard InChI is InChI=1S/C13H18FN3S/c1-17(11-4-5-11)13(15)16-8-9-7-10(14)3-6-12(9)18-2/h3,6-7,11H,4-5,8H2,1-2H3,(H2,15,16). The van der Waals surface area contributed by atoms with Crippen LogP contribution in [0.4, 0.5) is 4.39 Å². The number of rotatable bonds is 4. The van der Waals surface area contributed by atoms with Gasteiger partial charge in [-0.25, -0.2) is 9.38 Å². The number of nitrogens with zero attached hydrogens (tertiary/aromatic N) is 2. The molecule has 0 radical (unpaired) electrons. The molecule has 0 aliphatic heterocycles. The van der Waals surface area contributed by atoms with Crippen molar-refractivity contribution in [3.8, 4) is 0 Å². The summed E-state index contributed by atoms with van der Waals surface area (Å²) in [6.07, 6.45) is 4.34. The summed E-state index contributed by atoms with van der Waals surface area (Å²) in [4.78, 5) is 7.39. The molecule has 1 fully saturated rings. The summed E-state index contributed by atoms with van der Waals surface area (Å²) in [5.41, 5.74) is 6.79. The summed E-state index contributed by atoms with van der Waals surface area (Å²) in [6, 6.07) is 5.32. The topological polar surface area (TPSA) is 41.6 Å². The summed E-state index contributed by atoms with van der Waals surface area (Å²) < 4.78 is 13.2. The van der Waals surface area contributed by atoms with Crippen molar-refractivity contribution >= 4 is 17.7 Å². The van der Waals surface area contributed by atoms with E-state index in [0.717, 1.165) is 10.5 Å². The van der Waals surface area contributed by atoms with Gasteiger partial charge in [-0.3, -0.25) is 0 Å². The molecular formula is C13H18FN3S. The van der Waals surface area contributed by atoms with Crippen molar-refractivity contribution in [3.63, 3.8) is 0 Å². The van der Waals surface area contributed by atoms with Gasteiger partial charge < -0.3 is 10.6 Å². The molecule has 0 unspecified atom stereocenters. The van der Waals surface area contributed by atoms with Crippen LogP contribution in [-0.4, -0.2) is 30.2 Å². The molecule has 0 bridgehead atoms. The number of nitrogens with two attached hydrogens (primary N) is 1. The van der Waals surface area contributed by atoms with E-state index >= 15 is 0 Å². The molecule has 1 aliphatic carbocycles. The smallest absolute Gasteiger partial charge is 0.191 e. The third kappa shape index (κ3) is 3.16. The first-order chi connectivity index (χ1) is 8.61. The molecular weight excluding hydrogens is 249 g/mol. The van der Waals surface area contributed by atoms with Crippen LogP contribution in [0.2, 0.25) is 0 Å². The Kier molecular flexibility index (Phi) is 4.11. The zero-order chi connectivity index (χ0) is 13.1. The van der Waals surface area contributed by atoms with Gasteiger partial charge in [0.25, 0.3) is 0 Å². The van der Waals surface area contributed by atoms with Gasteiger partial charge >= 0.3 is 0 Å². The van der Waals surface area contributed by atoms with E-state index in [1.165, 1.54) is 25.0 Å². The number of thioether (sulfide) groups is 1. The lowest BCUT2D eigenvalue weighted by atomic mass is 10.2. The largest absolute Gasteiger partial charge is 0.370 e. The van der Waals surface area contributed by atoms with Crippen LogP contribution in [0, 0.1) is 5.82 Å². The van der Waals surface area contributed by atoms with Gasteiger partial charge in [0.05, 0.1) is 6.54 Å². The van der Waals surface area contributed by atoms with Crippen molar-refractivity contribution in [2.45, 2.75) is 30.3 Å². The summed E-state index contributed by atoms with van der Waals surface area (Å²) in [5, 5.41) is 0. The Balaban J connectivity index is 2.08. The molecule has 0 saturated heterocycles. The van der Waals surface area contributed by atoms with Gasteiger partial charge in [-0.1, -0.05) is 0 Å². The highest BCUT2D eigenvalue weighted by atomic mass is 32.2. The minimum atomic E-state index is -0.230. The lowest BCUT2D eigenvalue weighted by Crippen LogP contribution is -2.35. The molecule has 1 saturated carbocycles. The van der Waals surface area contributed by atoms with E-state index in [0.29, 0.717) is 18.5 Å². The minimum Gasteiger partial charge on any atom is -0.370 e. The van der Waals surface area contributed by atoms with Crippen LogP contribution >= 0.6 is 11.8 Å². The monoisotopic (exact) mass is 267 g/mol. The molecule has 1 aromatic carbocycles. The predicted molar refractivity (Wildman–Crippen MR) is 74.3 cm³/mol. The molecule has 0 spiro atoms. The highest BCUT2D eigenvalue weighted by molar-refractivity contribution is 7.98. The second kappa shape index (κ2) is 5.61. The highest BCUT2D eigenvalue weighted by Gasteiger charge is 2.27. The number of hydrogen-bond donors (Lipinski definition) is 1. The summed E-state index contributed by atoms with van der Waals surface area (Å²) in [7, 11) is 1.96. The number of halogens is 1. The third-order valence-electron chi connectivity index (χ3n) is 3.11. The van der Waals surface area contributed by atoms with E-state index in [2.05, 4.69) is 4.99 Å². The van der Waals surface area contributed by atoms with Crippen molar-refractivity contribution in [3.05, 3.63) is 29.6 Å². The summed E-state index contributed by atoms with van der Waals surface area (Å²) in [5.74, 6) is 0.306. The Morgan fingerprint density at radius 1 is 1.56 bits per heavy atom. The fraction of sp³-hybridized carbons (Fsp3) is 0.462. The molecule has 2 rings (SSSR count). The molecule has 1 aromatic rings. The zero-order valence-electron chi connectivity index (χ0n) is 10.7. The molecule has 1 aliphatic rings. The number of aliphatic imine (C=N–C) groups is 1. The van der Waals surface area contributed by atoms with Gasteiger partial charge in [0.1, 0.15) is 5.82 Å². The maximum absolute atomic E-state index is 13.2. The fourth-order valence-corrected chi connectivity index (χ4v) is 2.39. The first-order valence-corrected chi connectivity index (χ1v) is 7.19. The first kappa shape index (κ1) is 13.2. The van der Waals surface area contributed by atoms with Gasteiger partial charge in [-0.2, -0.15) is 0 Å². The molecule has 5 heteroatoms. The van der Waals surface area contributed by atoms with Crippen LogP contribution in [0.25, 0.3) is 0 Å². The van der Waals surface area contributed by atoms with Crippen LogP contribution in [-0.2, 0) is 6.54 Å². The zero-order valence-corrected chi connectivity index (χ0v) is 11.5. The lowest BCUT2D eigenvalue weighted by Gasteiger charge is -2.17. The number of benzene rings is 1. The lowest BCUT2D eigenvalue weighted by molar-refractivity contribution is 0.487. The fourth-order valence-electron chi connectivity index (χ4n) is 1.80. The third-order valence-corrected chi connectivity index (χ3v) is 3.95. The maximum Gasteiger partial charge on any atom is 0.191 e. The van der Waals surface area contributed by atoms with E-state index < -0.39 is 0 Å². The van der Waals surface area contributed by atoms with Gasteiger partial charge in [-0.05, 0) is 42.9 Å². The molecule has 2 N–H and O–H groups in total. The second-order valence-electron chi connectivity index (χ2n) is 4.47. The summed E-state index contributed by atoms with van der Waals surface area (Å²) in [6.45, 7) is 0.427. The van der Waals surface area contributed by atoms with Crippen molar-refractivity contribution < 1.29 is 4.39 Å². The first-order valence-electron chi connectivity index (χ1n) is 5.97. The van der Waals surface area contributed by atoms with E-state index in [-0.39, 0.29) is 5.82 Å². The van der Waals surface area contributed by atoms with Crippen molar-refractivity contribution in [2.24, 2.45) is 10.7 Å². The molecule has 0 aromatic heterocycles. The molecule has 0 amide bonds. The Hall–Kier alpha value is -1.23. The highest BCUT2D eigenvalue weighted by Crippen LogP contribution is 2.25. The molecule has 98 valence electrons. The van der Waals surface area contributed by atoms with Crippen LogP contribution in [0.3, 0.4) is 0 Å². The quantitative estimate of drug-likeness (QED) is 0.517. The average molecular weight is 267 g/mol. The van der Waals surface area contributed by atoms with Crippen molar-refractivity contribution in [1.29, 1.82) is 0 Å². The minimum absolute atomic E-state index is 0.230. The molecule has 0 atom stereocenters. The van der Waals surface area contributed by atoms with Crippen LogP contribution in [0.15, 0.2) is 28.1 Å². The Bertz CT molecular complexity index is 458. The Morgan fingerprint density at radius 2 is 2.28 bits per heavy atom. The van der Waals surface area contributed by atoms with E-state index in [1.807, 2.05) is 18.2 Å². The average Bonchev–Trinajstić information content (AvgIpc) is 3.19. The van der Waals surface area contributed by atoms with Gasteiger partial charge in [0.2, 0.25) is 0 Å². The maximum atomic E-state index is 13.2. The van der Waals surface area contributed by atoms with Crippen molar-refractivity contribution in [2.75, 3.05) is 13.3 Å². The predicted octanol–water partition coefficient (Wildman–Crippen LogP) is 2.46. The molecule has 0 heterocycles. The summed E-state index contributed by atoms with van der Waals surface area (Å²) >= 11 is 1.59. The van der Waals surface area contributed by atoms with E-state index in [9.17, 15) is 4.39 Å². The van der Waals surface area contributed by atoms with E-state index in [4.69, 9.17) is 5.73 Å². The van der Waals surface area contributed by atoms with Crippen LogP contribution < -0.4 is 5.73 Å². The number of guanidine groups is 1. The van der Waals surface area contributed by atoms with Gasteiger partial charge in [-0.15, -0.1) is 11.8 Å². The van der Waals surface area contributed by atoms with Crippen LogP contribution in [0.5, 0.6) is 0 Å². The normalized spacial score (nSPS) is 15.8.